The fourth-order valence-corrected chi connectivity index (χ4v) is 5.52. The van der Waals surface area contributed by atoms with E-state index < -0.39 is 0 Å². The van der Waals surface area contributed by atoms with E-state index in [9.17, 15) is 4.79 Å². The quantitative estimate of drug-likeness (QED) is 0.662. The van der Waals surface area contributed by atoms with Gasteiger partial charge in [-0.05, 0) is 69.1 Å². The zero-order valence-electron chi connectivity index (χ0n) is 17.6. The monoisotopic (exact) mass is 405 g/mol. The van der Waals surface area contributed by atoms with Crippen LogP contribution in [0.25, 0.3) is 22.4 Å². The summed E-state index contributed by atoms with van der Waals surface area (Å²) < 4.78 is 10.9. The molecule has 5 rings (SSSR count). The first-order valence-corrected chi connectivity index (χ1v) is 10.8. The van der Waals surface area contributed by atoms with Crippen molar-refractivity contribution >= 4 is 17.0 Å². The van der Waals surface area contributed by atoms with E-state index in [1.54, 1.807) is 7.11 Å². The van der Waals surface area contributed by atoms with Crippen molar-refractivity contribution in [1.82, 2.24) is 15.5 Å². The van der Waals surface area contributed by atoms with Crippen LogP contribution in [0.1, 0.15) is 48.7 Å². The Labute approximate surface area is 176 Å². The van der Waals surface area contributed by atoms with Crippen molar-refractivity contribution in [2.24, 2.45) is 17.8 Å². The van der Waals surface area contributed by atoms with Crippen LogP contribution in [-0.4, -0.2) is 29.2 Å². The number of carbonyl (C=O) groups excluding carboxylic acids is 1. The molecule has 1 N–H and O–H groups in total. The summed E-state index contributed by atoms with van der Waals surface area (Å²) in [5, 5.41) is 8.16. The van der Waals surface area contributed by atoms with Crippen LogP contribution in [0.2, 0.25) is 0 Å². The van der Waals surface area contributed by atoms with E-state index in [2.05, 4.69) is 22.4 Å². The largest absolute Gasteiger partial charge is 0.497 e. The van der Waals surface area contributed by atoms with Crippen molar-refractivity contribution in [2.75, 3.05) is 7.11 Å². The number of benzene rings is 1. The first kappa shape index (κ1) is 19.1. The molecule has 0 aliphatic heterocycles. The summed E-state index contributed by atoms with van der Waals surface area (Å²) in [5.74, 6) is 2.82. The summed E-state index contributed by atoms with van der Waals surface area (Å²) >= 11 is 0. The lowest BCUT2D eigenvalue weighted by atomic mass is 9.84. The topological polar surface area (TPSA) is 77.2 Å². The Kier molecular flexibility index (Phi) is 4.72. The van der Waals surface area contributed by atoms with Gasteiger partial charge in [0.05, 0.1) is 18.1 Å². The standard InChI is InChI=1S/C24H27N3O3/c1-13-9-20(23(28)26-14(2)19-11-15-7-8-16(19)10-15)21-22(27-30-24(21)25-13)17-5-4-6-18(12-17)29-3/h4-6,9,12,14-16,19H,7-8,10-11H2,1-3H3,(H,26,28)/t14-,15-,16-,19-/m0/s1. The molecule has 4 atom stereocenters. The van der Waals surface area contributed by atoms with Crippen LogP contribution in [0.4, 0.5) is 0 Å². The minimum atomic E-state index is -0.0897. The first-order chi connectivity index (χ1) is 14.5. The highest BCUT2D eigenvalue weighted by atomic mass is 16.5. The Bertz CT molecular complexity index is 1110. The number of rotatable bonds is 5. The van der Waals surface area contributed by atoms with Gasteiger partial charge in [0.25, 0.3) is 11.6 Å². The third kappa shape index (κ3) is 3.24. The zero-order chi connectivity index (χ0) is 20.8. The lowest BCUT2D eigenvalue weighted by Crippen LogP contribution is -2.40. The van der Waals surface area contributed by atoms with Crippen LogP contribution < -0.4 is 10.1 Å². The molecule has 2 aromatic heterocycles. The number of hydrogen-bond donors (Lipinski definition) is 1. The number of amides is 1. The van der Waals surface area contributed by atoms with Gasteiger partial charge >= 0.3 is 0 Å². The van der Waals surface area contributed by atoms with Crippen LogP contribution in [-0.2, 0) is 0 Å². The molecule has 2 fully saturated rings. The van der Waals surface area contributed by atoms with E-state index in [4.69, 9.17) is 9.26 Å². The number of carbonyl (C=O) groups is 1. The zero-order valence-corrected chi connectivity index (χ0v) is 17.6. The summed E-state index contributed by atoms with van der Waals surface area (Å²) in [5.41, 5.74) is 3.11. The second-order valence-electron chi connectivity index (χ2n) is 8.86. The maximum absolute atomic E-state index is 13.4. The average molecular weight is 405 g/mol. The van der Waals surface area contributed by atoms with Crippen molar-refractivity contribution in [3.8, 4) is 17.0 Å². The van der Waals surface area contributed by atoms with Gasteiger partial charge in [-0.2, -0.15) is 0 Å². The van der Waals surface area contributed by atoms with Gasteiger partial charge in [0.1, 0.15) is 11.4 Å². The lowest BCUT2D eigenvalue weighted by molar-refractivity contribution is 0.0917. The first-order valence-electron chi connectivity index (χ1n) is 10.8. The molecule has 2 aliphatic carbocycles. The maximum Gasteiger partial charge on any atom is 0.259 e. The summed E-state index contributed by atoms with van der Waals surface area (Å²) in [6.07, 6.45) is 5.23. The minimum Gasteiger partial charge on any atom is -0.497 e. The fraction of sp³-hybridized carbons (Fsp3) is 0.458. The number of aromatic nitrogens is 2. The number of pyridine rings is 1. The Morgan fingerprint density at radius 2 is 2.13 bits per heavy atom. The number of hydrogen-bond acceptors (Lipinski definition) is 5. The van der Waals surface area contributed by atoms with Gasteiger partial charge in [-0.15, -0.1) is 0 Å². The number of aryl methyl sites for hydroxylation is 1. The van der Waals surface area contributed by atoms with Crippen molar-refractivity contribution in [3.63, 3.8) is 0 Å². The molecule has 156 valence electrons. The maximum atomic E-state index is 13.4. The van der Waals surface area contributed by atoms with E-state index in [-0.39, 0.29) is 11.9 Å². The van der Waals surface area contributed by atoms with E-state index in [0.29, 0.717) is 28.3 Å². The van der Waals surface area contributed by atoms with Gasteiger partial charge in [0.2, 0.25) is 0 Å². The van der Waals surface area contributed by atoms with Crippen molar-refractivity contribution < 1.29 is 14.1 Å². The summed E-state index contributed by atoms with van der Waals surface area (Å²) in [6.45, 7) is 4.01. The van der Waals surface area contributed by atoms with Crippen molar-refractivity contribution in [2.45, 2.75) is 45.6 Å². The molecule has 0 radical (unpaired) electrons. The van der Waals surface area contributed by atoms with Gasteiger partial charge in [-0.25, -0.2) is 4.98 Å². The normalized spacial score (nSPS) is 23.6. The summed E-state index contributed by atoms with van der Waals surface area (Å²) in [4.78, 5) is 17.8. The fourth-order valence-electron chi connectivity index (χ4n) is 5.52. The molecule has 1 aromatic carbocycles. The second-order valence-corrected chi connectivity index (χ2v) is 8.86. The molecule has 2 bridgehead atoms. The minimum absolute atomic E-state index is 0.0897. The molecule has 2 saturated carbocycles. The highest BCUT2D eigenvalue weighted by Crippen LogP contribution is 2.49. The Morgan fingerprint density at radius 3 is 2.87 bits per heavy atom. The molecule has 6 heteroatoms. The van der Waals surface area contributed by atoms with Crippen LogP contribution in [0.15, 0.2) is 34.9 Å². The Hall–Kier alpha value is -2.89. The highest BCUT2D eigenvalue weighted by molar-refractivity contribution is 6.09. The number of nitrogens with one attached hydrogen (secondary N) is 1. The molecular weight excluding hydrogens is 378 g/mol. The number of nitrogens with zero attached hydrogens (tertiary/aromatic N) is 2. The van der Waals surface area contributed by atoms with Gasteiger partial charge in [0, 0.05) is 17.3 Å². The van der Waals surface area contributed by atoms with Crippen LogP contribution in [0.5, 0.6) is 5.75 Å². The second kappa shape index (κ2) is 7.42. The van der Waals surface area contributed by atoms with Crippen LogP contribution >= 0.6 is 0 Å². The van der Waals surface area contributed by atoms with E-state index in [0.717, 1.165) is 28.8 Å². The number of methoxy groups -OCH3 is 1. The number of ether oxygens (including phenoxy) is 1. The number of fused-ring (bicyclic) bond motifs is 3. The molecule has 0 saturated heterocycles. The molecule has 6 nitrogen and oxygen atoms in total. The molecule has 30 heavy (non-hydrogen) atoms. The van der Waals surface area contributed by atoms with E-state index >= 15 is 0 Å². The van der Waals surface area contributed by atoms with E-state index in [1.165, 1.54) is 25.7 Å². The van der Waals surface area contributed by atoms with Gasteiger partial charge in [-0.3, -0.25) is 4.79 Å². The predicted molar refractivity (Wildman–Crippen MR) is 114 cm³/mol. The third-order valence-corrected chi connectivity index (χ3v) is 6.96. The molecule has 0 unspecified atom stereocenters. The molecular formula is C24H27N3O3. The van der Waals surface area contributed by atoms with Crippen molar-refractivity contribution in [1.29, 1.82) is 0 Å². The Morgan fingerprint density at radius 1 is 1.27 bits per heavy atom. The molecule has 3 aromatic rings. The third-order valence-electron chi connectivity index (χ3n) is 6.96. The van der Waals surface area contributed by atoms with Crippen molar-refractivity contribution in [3.05, 3.63) is 41.6 Å². The Balaban J connectivity index is 1.50. The van der Waals surface area contributed by atoms with Gasteiger partial charge in [-0.1, -0.05) is 23.7 Å². The molecule has 2 heterocycles. The smallest absolute Gasteiger partial charge is 0.259 e. The van der Waals surface area contributed by atoms with Crippen LogP contribution in [0.3, 0.4) is 0 Å². The predicted octanol–water partition coefficient (Wildman–Crippen LogP) is 4.76. The summed E-state index contributed by atoms with van der Waals surface area (Å²) in [6, 6.07) is 9.56. The SMILES string of the molecule is COc1cccc(-c2noc3nc(C)cc(C(=O)N[C@@H](C)[C@@H]4C[C@H]5CC[C@H]4C5)c23)c1. The molecule has 0 spiro atoms. The molecule has 1 amide bonds. The highest BCUT2D eigenvalue weighted by Gasteiger charge is 2.42. The lowest BCUT2D eigenvalue weighted by Gasteiger charge is -2.28. The van der Waals surface area contributed by atoms with E-state index in [1.807, 2.05) is 37.3 Å². The van der Waals surface area contributed by atoms with Gasteiger partial charge < -0.3 is 14.6 Å². The summed E-state index contributed by atoms with van der Waals surface area (Å²) in [7, 11) is 1.63. The molecule has 2 aliphatic rings. The average Bonchev–Trinajstić information content (AvgIpc) is 3.48. The van der Waals surface area contributed by atoms with Gasteiger partial charge in [0.15, 0.2) is 0 Å². The van der Waals surface area contributed by atoms with Crippen LogP contribution in [0, 0.1) is 24.7 Å².